The molecule has 0 unspecified atom stereocenters. The molecule has 29 heavy (non-hydrogen) atoms. The minimum Gasteiger partial charge on any atom is -0.497 e. The summed E-state index contributed by atoms with van der Waals surface area (Å²) in [5.41, 5.74) is 1.03. The summed E-state index contributed by atoms with van der Waals surface area (Å²) in [6.45, 7) is 4.46. The highest BCUT2D eigenvalue weighted by molar-refractivity contribution is 5.79. The van der Waals surface area contributed by atoms with Gasteiger partial charge in [0, 0.05) is 26.3 Å². The van der Waals surface area contributed by atoms with E-state index in [2.05, 4.69) is 15.6 Å². The lowest BCUT2D eigenvalue weighted by Gasteiger charge is -2.19. The highest BCUT2D eigenvalue weighted by Gasteiger charge is 2.28. The van der Waals surface area contributed by atoms with E-state index < -0.39 is 12.7 Å². The van der Waals surface area contributed by atoms with Crippen molar-refractivity contribution in [1.82, 2.24) is 15.5 Å². The fourth-order valence-corrected chi connectivity index (χ4v) is 2.54. The van der Waals surface area contributed by atoms with Crippen molar-refractivity contribution in [1.29, 1.82) is 0 Å². The number of methoxy groups -OCH3 is 1. The van der Waals surface area contributed by atoms with Gasteiger partial charge in [0.15, 0.2) is 5.96 Å². The lowest BCUT2D eigenvalue weighted by atomic mass is 10.2. The van der Waals surface area contributed by atoms with E-state index in [1.54, 1.807) is 7.11 Å². The molecule has 9 heteroatoms. The summed E-state index contributed by atoms with van der Waals surface area (Å²) < 4.78 is 47.6. The molecule has 0 saturated carbocycles. The van der Waals surface area contributed by atoms with Gasteiger partial charge in [0.2, 0.25) is 0 Å². The summed E-state index contributed by atoms with van der Waals surface area (Å²) in [6, 6.07) is 7.65. The van der Waals surface area contributed by atoms with Gasteiger partial charge < -0.3 is 20.1 Å². The molecule has 0 radical (unpaired) electrons. The zero-order valence-corrected chi connectivity index (χ0v) is 17.5. The van der Waals surface area contributed by atoms with Crippen molar-refractivity contribution in [3.63, 3.8) is 0 Å². The molecule has 0 amide bonds. The van der Waals surface area contributed by atoms with E-state index in [1.165, 1.54) is 11.9 Å². The van der Waals surface area contributed by atoms with Crippen LogP contribution in [0.1, 0.15) is 25.3 Å². The van der Waals surface area contributed by atoms with Crippen LogP contribution in [0.15, 0.2) is 29.3 Å². The van der Waals surface area contributed by atoms with E-state index in [-0.39, 0.29) is 0 Å². The molecule has 0 saturated heterocycles. The predicted octanol–water partition coefficient (Wildman–Crippen LogP) is 3.04. The fourth-order valence-electron chi connectivity index (χ4n) is 2.54. The predicted molar refractivity (Wildman–Crippen MR) is 109 cm³/mol. The number of benzene rings is 1. The molecule has 0 aliphatic heterocycles. The Labute approximate surface area is 171 Å². The Morgan fingerprint density at radius 3 is 2.34 bits per heavy atom. The molecular weight excluding hydrogens is 385 g/mol. The molecule has 6 nitrogen and oxygen atoms in total. The molecule has 1 aromatic rings. The van der Waals surface area contributed by atoms with E-state index in [9.17, 15) is 13.2 Å². The van der Waals surface area contributed by atoms with Crippen molar-refractivity contribution in [2.24, 2.45) is 4.99 Å². The molecule has 0 aliphatic rings. The number of ether oxygens (including phenoxy) is 2. The van der Waals surface area contributed by atoms with Gasteiger partial charge in [-0.3, -0.25) is 4.90 Å². The molecular formula is C20H33F3N4O2. The standard InChI is InChI=1S/C20H33F3N4O2/c1-4-29-14-6-12-25-19(24-11-5-13-27(2)16-20(21,22)23)26-15-17-7-9-18(28-3)10-8-17/h7-10H,4-6,11-16H2,1-3H3,(H2,24,25,26). The van der Waals surface area contributed by atoms with Crippen molar-refractivity contribution in [2.75, 3.05) is 53.6 Å². The van der Waals surface area contributed by atoms with Gasteiger partial charge >= 0.3 is 6.18 Å². The zero-order valence-electron chi connectivity index (χ0n) is 17.5. The highest BCUT2D eigenvalue weighted by Crippen LogP contribution is 2.15. The van der Waals surface area contributed by atoms with Crippen molar-refractivity contribution < 1.29 is 22.6 Å². The third kappa shape index (κ3) is 13.0. The molecule has 0 heterocycles. The minimum atomic E-state index is -4.17. The van der Waals surface area contributed by atoms with Crippen LogP contribution >= 0.6 is 0 Å². The van der Waals surface area contributed by atoms with Gasteiger partial charge in [0.1, 0.15) is 5.75 Å². The fraction of sp³-hybridized carbons (Fsp3) is 0.650. The topological polar surface area (TPSA) is 58.1 Å². The average Bonchev–Trinajstić information content (AvgIpc) is 2.67. The molecule has 2 N–H and O–H groups in total. The quantitative estimate of drug-likeness (QED) is 0.293. The zero-order chi connectivity index (χ0) is 21.5. The lowest BCUT2D eigenvalue weighted by molar-refractivity contribution is -0.143. The van der Waals surface area contributed by atoms with Gasteiger partial charge in [-0.15, -0.1) is 0 Å². The monoisotopic (exact) mass is 418 g/mol. The van der Waals surface area contributed by atoms with Crippen molar-refractivity contribution in [3.05, 3.63) is 29.8 Å². The van der Waals surface area contributed by atoms with Crippen LogP contribution in [0.25, 0.3) is 0 Å². The van der Waals surface area contributed by atoms with Crippen LogP contribution in [-0.2, 0) is 11.3 Å². The first-order valence-corrected chi connectivity index (χ1v) is 9.82. The van der Waals surface area contributed by atoms with Gasteiger partial charge in [0.05, 0.1) is 20.2 Å². The Bertz CT molecular complexity index is 580. The number of nitrogens with one attached hydrogen (secondary N) is 2. The number of hydrogen-bond donors (Lipinski definition) is 2. The number of guanidine groups is 1. The second-order valence-electron chi connectivity index (χ2n) is 6.62. The molecule has 0 atom stereocenters. The van der Waals surface area contributed by atoms with Crippen molar-refractivity contribution >= 4 is 5.96 Å². The number of aliphatic imine (C=N–C) groups is 1. The van der Waals surface area contributed by atoms with Gasteiger partial charge in [-0.05, 0) is 51.1 Å². The maximum absolute atomic E-state index is 12.4. The summed E-state index contributed by atoms with van der Waals surface area (Å²) in [5.74, 6) is 1.42. The SMILES string of the molecule is CCOCCCNC(=NCc1ccc(OC)cc1)NCCCN(C)CC(F)(F)F. The van der Waals surface area contributed by atoms with Crippen LogP contribution in [0.4, 0.5) is 13.2 Å². The maximum atomic E-state index is 12.4. The Morgan fingerprint density at radius 1 is 1.10 bits per heavy atom. The number of alkyl halides is 3. The van der Waals surface area contributed by atoms with Gasteiger partial charge in [-0.2, -0.15) is 13.2 Å². The van der Waals surface area contributed by atoms with Crippen LogP contribution in [-0.4, -0.2) is 70.6 Å². The van der Waals surface area contributed by atoms with Crippen LogP contribution in [0.2, 0.25) is 0 Å². The number of rotatable bonds is 13. The van der Waals surface area contributed by atoms with E-state index >= 15 is 0 Å². The molecule has 0 fully saturated rings. The molecule has 1 rings (SSSR count). The Morgan fingerprint density at radius 2 is 1.76 bits per heavy atom. The molecule has 0 aromatic heterocycles. The highest BCUT2D eigenvalue weighted by atomic mass is 19.4. The summed E-state index contributed by atoms with van der Waals surface area (Å²) >= 11 is 0. The summed E-state index contributed by atoms with van der Waals surface area (Å²) in [6.07, 6.45) is -2.75. The minimum absolute atomic E-state index is 0.350. The first-order chi connectivity index (χ1) is 13.8. The largest absolute Gasteiger partial charge is 0.497 e. The molecule has 1 aromatic carbocycles. The van der Waals surface area contributed by atoms with Gasteiger partial charge in [-0.25, -0.2) is 4.99 Å². The number of nitrogens with zero attached hydrogens (tertiary/aromatic N) is 2. The van der Waals surface area contributed by atoms with Gasteiger partial charge in [0.25, 0.3) is 0 Å². The summed E-state index contributed by atoms with van der Waals surface area (Å²) in [7, 11) is 3.09. The van der Waals surface area contributed by atoms with Crippen molar-refractivity contribution in [2.45, 2.75) is 32.5 Å². The van der Waals surface area contributed by atoms with E-state index in [4.69, 9.17) is 9.47 Å². The van der Waals surface area contributed by atoms with E-state index in [1.807, 2.05) is 31.2 Å². The molecule has 0 aliphatic carbocycles. The summed E-state index contributed by atoms with van der Waals surface area (Å²) in [5, 5.41) is 6.43. The number of halogens is 3. The first kappa shape index (κ1) is 25.0. The average molecular weight is 419 g/mol. The van der Waals surface area contributed by atoms with Gasteiger partial charge in [-0.1, -0.05) is 12.1 Å². The van der Waals surface area contributed by atoms with E-state index in [0.29, 0.717) is 51.8 Å². The smallest absolute Gasteiger partial charge is 0.401 e. The van der Waals surface area contributed by atoms with Crippen LogP contribution in [0, 0.1) is 0 Å². The molecule has 0 bridgehead atoms. The molecule has 166 valence electrons. The van der Waals surface area contributed by atoms with Crippen LogP contribution < -0.4 is 15.4 Å². The maximum Gasteiger partial charge on any atom is 0.401 e. The lowest BCUT2D eigenvalue weighted by Crippen LogP contribution is -2.40. The van der Waals surface area contributed by atoms with E-state index in [0.717, 1.165) is 17.7 Å². The Kier molecular flexibility index (Phi) is 12.1. The normalized spacial score (nSPS) is 12.3. The second-order valence-corrected chi connectivity index (χ2v) is 6.62. The summed E-state index contributed by atoms with van der Waals surface area (Å²) in [4.78, 5) is 5.83. The Balaban J connectivity index is 2.48. The molecule has 0 spiro atoms. The second kappa shape index (κ2) is 14.1. The van der Waals surface area contributed by atoms with Crippen LogP contribution in [0.5, 0.6) is 5.75 Å². The Hall–Kier alpha value is -2.00. The number of hydrogen-bond acceptors (Lipinski definition) is 4. The van der Waals surface area contributed by atoms with Crippen molar-refractivity contribution in [3.8, 4) is 5.75 Å². The first-order valence-electron chi connectivity index (χ1n) is 9.82. The third-order valence-electron chi connectivity index (χ3n) is 4.00. The third-order valence-corrected chi connectivity index (χ3v) is 4.00. The van der Waals surface area contributed by atoms with Crippen LogP contribution in [0.3, 0.4) is 0 Å².